The van der Waals surface area contributed by atoms with Crippen molar-refractivity contribution in [2.45, 2.75) is 194 Å². The van der Waals surface area contributed by atoms with Crippen molar-refractivity contribution in [3.8, 4) is 0 Å². The van der Waals surface area contributed by atoms with E-state index in [2.05, 4.69) is 18.8 Å². The number of nitrogens with zero attached hydrogens (tertiary/aromatic N) is 1. The number of aromatic nitrogens is 1. The van der Waals surface area contributed by atoms with Crippen molar-refractivity contribution in [2.24, 2.45) is 0 Å². The third-order valence-electron chi connectivity index (χ3n) is 8.77. The van der Waals surface area contributed by atoms with Crippen LogP contribution in [0, 0.1) is 0 Å². The van der Waals surface area contributed by atoms with Gasteiger partial charge in [0.2, 0.25) is 0 Å². The van der Waals surface area contributed by atoms with Gasteiger partial charge in [-0.15, -0.1) is 0 Å². The molecular weight excluding hydrogens is 679 g/mol. The highest BCUT2D eigenvalue weighted by Gasteiger charge is 2.36. The van der Waals surface area contributed by atoms with Crippen LogP contribution in [0.15, 0.2) is 0 Å². The summed E-state index contributed by atoms with van der Waals surface area (Å²) >= 11 is 25.2. The molecule has 0 aliphatic rings. The molecule has 0 unspecified atom stereocenters. The van der Waals surface area contributed by atoms with Crippen LogP contribution in [-0.4, -0.2) is 18.2 Å². The molecule has 0 spiro atoms. The number of hydrogen-bond donors (Lipinski definition) is 0. The van der Waals surface area contributed by atoms with Crippen molar-refractivity contribution in [3.05, 3.63) is 20.4 Å². The topological polar surface area (TPSA) is 48.4 Å². The monoisotopic (exact) mass is 743 g/mol. The summed E-state index contributed by atoms with van der Waals surface area (Å²) in [4.78, 5) is 3.93. The molecule has 1 aromatic heterocycles. The fraction of sp³-hybridized carbons (Fsp3) is 0.865. The van der Waals surface area contributed by atoms with E-state index >= 15 is 0 Å². The van der Waals surface area contributed by atoms with Gasteiger partial charge >= 0.3 is 7.60 Å². The van der Waals surface area contributed by atoms with Gasteiger partial charge in [-0.1, -0.05) is 227 Å². The van der Waals surface area contributed by atoms with E-state index in [-0.39, 0.29) is 38.9 Å². The molecule has 0 fully saturated rings. The molecule has 46 heavy (non-hydrogen) atoms. The summed E-state index contributed by atoms with van der Waals surface area (Å²) in [6.45, 7) is 5.11. The Bertz CT molecular complexity index is 857. The zero-order chi connectivity index (χ0) is 33.7. The van der Waals surface area contributed by atoms with E-state index in [1.165, 1.54) is 141 Å². The lowest BCUT2D eigenvalue weighted by atomic mass is 10.0. The summed E-state index contributed by atoms with van der Waals surface area (Å²) in [5, 5.41) is -0.155. The Morgan fingerprint density at radius 3 is 0.935 bits per heavy atom. The first-order chi connectivity index (χ1) is 22.4. The van der Waals surface area contributed by atoms with Gasteiger partial charge < -0.3 is 9.05 Å². The molecule has 1 aromatic rings. The van der Waals surface area contributed by atoms with Crippen LogP contribution in [0.5, 0.6) is 0 Å². The molecule has 9 heteroatoms. The van der Waals surface area contributed by atoms with Crippen LogP contribution in [-0.2, 0) is 13.6 Å². The van der Waals surface area contributed by atoms with Crippen molar-refractivity contribution in [3.63, 3.8) is 0 Å². The molecule has 0 N–H and O–H groups in total. The molecule has 0 aliphatic carbocycles. The number of rotatable bonds is 33. The van der Waals surface area contributed by atoms with E-state index in [9.17, 15) is 4.57 Å². The maximum atomic E-state index is 14.1. The minimum absolute atomic E-state index is 0.0246. The summed E-state index contributed by atoms with van der Waals surface area (Å²) in [5.41, 5.74) is 0. The Balaban J connectivity index is 2.32. The third-order valence-corrected chi connectivity index (χ3v) is 12.5. The Morgan fingerprint density at radius 1 is 0.435 bits per heavy atom. The Labute approximate surface area is 303 Å². The number of halogens is 4. The lowest BCUT2D eigenvalue weighted by Crippen LogP contribution is -2.16. The highest BCUT2D eigenvalue weighted by atomic mass is 35.5. The maximum absolute atomic E-state index is 14.1. The van der Waals surface area contributed by atoms with E-state index in [0.717, 1.165) is 38.5 Å². The van der Waals surface area contributed by atoms with Crippen LogP contribution < -0.4 is 5.30 Å². The van der Waals surface area contributed by atoms with Gasteiger partial charge in [-0.25, -0.2) is 4.98 Å². The van der Waals surface area contributed by atoms with E-state index in [0.29, 0.717) is 0 Å². The zero-order valence-electron chi connectivity index (χ0n) is 29.3. The van der Waals surface area contributed by atoms with Crippen molar-refractivity contribution >= 4 is 59.3 Å². The molecule has 0 amide bonds. The molecule has 0 saturated heterocycles. The van der Waals surface area contributed by atoms with Crippen LogP contribution in [0.1, 0.15) is 194 Å². The van der Waals surface area contributed by atoms with E-state index in [1.807, 2.05) is 0 Å². The average Bonchev–Trinajstić information content (AvgIpc) is 3.04. The van der Waals surface area contributed by atoms with Gasteiger partial charge in [0.25, 0.3) is 0 Å². The van der Waals surface area contributed by atoms with E-state index in [1.54, 1.807) is 0 Å². The number of pyridine rings is 1. The normalized spacial score (nSPS) is 12.0. The first-order valence-corrected chi connectivity index (χ1v) is 22.0. The molecule has 1 heterocycles. The van der Waals surface area contributed by atoms with Crippen molar-refractivity contribution < 1.29 is 13.6 Å². The quantitative estimate of drug-likeness (QED) is 0.0408. The largest absolute Gasteiger partial charge is 0.364 e. The van der Waals surface area contributed by atoms with Gasteiger partial charge in [0.1, 0.15) is 15.6 Å². The molecular formula is C37H66Cl4NO3P. The molecule has 4 nitrogen and oxygen atoms in total. The summed E-state index contributed by atoms with van der Waals surface area (Å²) in [5.74, 6) is 0. The second kappa shape index (κ2) is 30.3. The van der Waals surface area contributed by atoms with Crippen molar-refractivity contribution in [1.29, 1.82) is 0 Å². The van der Waals surface area contributed by atoms with Gasteiger partial charge in [-0.05, 0) is 12.8 Å². The molecule has 0 aromatic carbocycles. The molecule has 0 radical (unpaired) electrons. The van der Waals surface area contributed by atoms with Gasteiger partial charge in [0.15, 0.2) is 0 Å². The lowest BCUT2D eigenvalue weighted by Gasteiger charge is -2.21. The summed E-state index contributed by atoms with van der Waals surface area (Å²) in [6.07, 6.45) is 35.4. The van der Waals surface area contributed by atoms with Crippen LogP contribution in [0.4, 0.5) is 0 Å². The zero-order valence-corrected chi connectivity index (χ0v) is 33.3. The van der Waals surface area contributed by atoms with Gasteiger partial charge in [-0.2, -0.15) is 0 Å². The van der Waals surface area contributed by atoms with Crippen LogP contribution in [0.2, 0.25) is 20.4 Å². The van der Waals surface area contributed by atoms with Gasteiger partial charge in [0, 0.05) is 0 Å². The predicted octanol–water partition coefficient (Wildman–Crippen LogP) is 15.5. The summed E-state index contributed by atoms with van der Waals surface area (Å²) < 4.78 is 25.9. The smallest absolute Gasteiger partial charge is 0.305 e. The van der Waals surface area contributed by atoms with Crippen molar-refractivity contribution in [1.82, 2.24) is 4.98 Å². The molecule has 270 valence electrons. The second-order valence-electron chi connectivity index (χ2n) is 13.0. The standard InChI is InChI=1S/C37H66Cl4NO3P/c1-3-5-7-9-11-13-15-17-19-21-23-25-27-29-31-44-46(43,35-33(38)36(40)42-37(41)34(35)39)45-32-30-28-26-24-22-20-18-16-14-12-10-8-6-4-2/h3-32H2,1-2H3. The van der Waals surface area contributed by atoms with Crippen molar-refractivity contribution in [2.75, 3.05) is 13.2 Å². The van der Waals surface area contributed by atoms with Crippen LogP contribution in [0.25, 0.3) is 0 Å². The van der Waals surface area contributed by atoms with Gasteiger partial charge in [0.05, 0.1) is 23.3 Å². The fourth-order valence-corrected chi connectivity index (χ4v) is 9.09. The predicted molar refractivity (Wildman–Crippen MR) is 204 cm³/mol. The van der Waals surface area contributed by atoms with Crippen LogP contribution >= 0.6 is 54.0 Å². The maximum Gasteiger partial charge on any atom is 0.364 e. The minimum atomic E-state index is -3.85. The first kappa shape index (κ1) is 44.5. The second-order valence-corrected chi connectivity index (χ2v) is 16.5. The van der Waals surface area contributed by atoms with Crippen LogP contribution in [0.3, 0.4) is 0 Å². The van der Waals surface area contributed by atoms with E-state index in [4.69, 9.17) is 55.5 Å². The SMILES string of the molecule is CCCCCCCCCCCCCCCCOP(=O)(OCCCCCCCCCCCCCCCC)c1c(Cl)c(Cl)nc(Cl)c1Cl. The molecule has 0 saturated carbocycles. The number of unbranched alkanes of at least 4 members (excludes halogenated alkanes) is 26. The Hall–Kier alpha value is 0.460. The summed E-state index contributed by atoms with van der Waals surface area (Å²) in [6, 6.07) is 0. The number of hydrogen-bond acceptors (Lipinski definition) is 4. The Morgan fingerprint density at radius 2 is 0.674 bits per heavy atom. The first-order valence-electron chi connectivity index (χ1n) is 19.0. The molecule has 1 rings (SSSR count). The summed E-state index contributed by atoms with van der Waals surface area (Å²) in [7, 11) is -3.85. The highest BCUT2D eigenvalue weighted by molar-refractivity contribution is 7.62. The Kier molecular flexibility index (Phi) is 29.3. The highest BCUT2D eigenvalue weighted by Crippen LogP contribution is 2.52. The lowest BCUT2D eigenvalue weighted by molar-refractivity contribution is 0.206. The average molecular weight is 746 g/mol. The molecule has 0 aliphatic heterocycles. The third kappa shape index (κ3) is 21.5. The van der Waals surface area contributed by atoms with E-state index < -0.39 is 7.60 Å². The minimum Gasteiger partial charge on any atom is -0.305 e. The fourth-order valence-electron chi connectivity index (χ4n) is 5.85. The molecule has 0 atom stereocenters. The molecule has 0 bridgehead atoms. The van der Waals surface area contributed by atoms with Gasteiger partial charge in [-0.3, -0.25) is 4.57 Å².